The quantitative estimate of drug-likeness (QED) is 0.580. The van der Waals surface area contributed by atoms with Crippen molar-refractivity contribution in [1.29, 1.82) is 0 Å². The van der Waals surface area contributed by atoms with Crippen molar-refractivity contribution in [2.45, 2.75) is 45.1 Å². The first-order valence-corrected chi connectivity index (χ1v) is 11.6. The van der Waals surface area contributed by atoms with Gasteiger partial charge in [-0.1, -0.05) is 25.5 Å². The van der Waals surface area contributed by atoms with Gasteiger partial charge in [0.25, 0.3) is 0 Å². The van der Waals surface area contributed by atoms with Gasteiger partial charge >= 0.3 is 10.2 Å². The highest BCUT2D eigenvalue weighted by molar-refractivity contribution is 7.90. The van der Waals surface area contributed by atoms with Crippen LogP contribution in [0.3, 0.4) is 0 Å². The normalized spacial score (nSPS) is 18.0. The first kappa shape index (κ1) is 23.6. The highest BCUT2D eigenvalue weighted by Gasteiger charge is 2.29. The number of nitrogens with zero attached hydrogens (tertiary/aromatic N) is 3. The fourth-order valence-corrected chi connectivity index (χ4v) is 4.73. The Morgan fingerprint density at radius 2 is 2.00 bits per heavy atom. The van der Waals surface area contributed by atoms with E-state index in [9.17, 15) is 17.6 Å². The van der Waals surface area contributed by atoms with E-state index in [-0.39, 0.29) is 5.69 Å². The Labute approximate surface area is 174 Å². The number of amides is 1. The number of carbonyl (C=O) groups excluding carboxylic acids is 1. The maximum Gasteiger partial charge on any atom is 0.304 e. The minimum atomic E-state index is -4.01. The standard InChI is InChI=1S/C20H33FN4O3S/c1-4-17-10-7-8-14-24(17)15-9-13-22-20(26)16-25(29(27,28)23(2)3)19-12-6-5-11-18(19)21/h5-6,11-12,17H,4,7-10,13-16H2,1-3H3,(H,22,26)/t17-/m1/s1. The third-order valence-electron chi connectivity index (χ3n) is 5.31. The highest BCUT2D eigenvalue weighted by atomic mass is 32.2. The molecule has 7 nitrogen and oxygen atoms in total. The predicted octanol–water partition coefficient (Wildman–Crippen LogP) is 2.21. The summed E-state index contributed by atoms with van der Waals surface area (Å²) in [5, 5.41) is 2.77. The average molecular weight is 429 g/mol. The maximum atomic E-state index is 14.2. The Balaban J connectivity index is 1.94. The van der Waals surface area contributed by atoms with Gasteiger partial charge in [-0.15, -0.1) is 0 Å². The molecule has 1 fully saturated rings. The molecule has 1 N–H and O–H groups in total. The molecule has 0 aliphatic carbocycles. The maximum absolute atomic E-state index is 14.2. The van der Waals surface area contributed by atoms with Gasteiger partial charge in [-0.05, 0) is 44.4 Å². The molecular formula is C20H33FN4O3S. The first-order valence-electron chi connectivity index (χ1n) is 10.2. The van der Waals surface area contributed by atoms with Crippen LogP contribution in [0.4, 0.5) is 10.1 Å². The van der Waals surface area contributed by atoms with E-state index in [1.165, 1.54) is 57.6 Å². The summed E-state index contributed by atoms with van der Waals surface area (Å²) < 4.78 is 41.2. The van der Waals surface area contributed by atoms with Crippen LogP contribution in [0, 0.1) is 5.82 Å². The summed E-state index contributed by atoms with van der Waals surface area (Å²) in [4.78, 5) is 14.9. The third kappa shape index (κ3) is 6.38. The van der Waals surface area contributed by atoms with Crippen molar-refractivity contribution in [1.82, 2.24) is 14.5 Å². The van der Waals surface area contributed by atoms with Crippen LogP contribution in [0.1, 0.15) is 39.0 Å². The fraction of sp³-hybridized carbons (Fsp3) is 0.650. The van der Waals surface area contributed by atoms with Gasteiger partial charge in [0.15, 0.2) is 0 Å². The number of benzene rings is 1. The lowest BCUT2D eigenvalue weighted by atomic mass is 10.00. The lowest BCUT2D eigenvalue weighted by Crippen LogP contribution is -2.46. The van der Waals surface area contributed by atoms with Gasteiger partial charge in [0, 0.05) is 33.2 Å². The summed E-state index contributed by atoms with van der Waals surface area (Å²) in [6.45, 7) is 4.19. The van der Waals surface area contributed by atoms with E-state index in [1.807, 2.05) is 0 Å². The molecule has 1 aromatic carbocycles. The van der Waals surface area contributed by atoms with Crippen LogP contribution in [0.5, 0.6) is 0 Å². The molecular weight excluding hydrogens is 395 g/mol. The minimum Gasteiger partial charge on any atom is -0.354 e. The van der Waals surface area contributed by atoms with Crippen LogP contribution in [0.25, 0.3) is 0 Å². The van der Waals surface area contributed by atoms with Crippen molar-refractivity contribution < 1.29 is 17.6 Å². The van der Waals surface area contributed by atoms with Crippen LogP contribution in [0.2, 0.25) is 0 Å². The number of nitrogens with one attached hydrogen (secondary N) is 1. The van der Waals surface area contributed by atoms with E-state index >= 15 is 0 Å². The summed E-state index contributed by atoms with van der Waals surface area (Å²) in [5.74, 6) is -1.15. The van der Waals surface area contributed by atoms with E-state index in [0.29, 0.717) is 12.6 Å². The number of piperidine rings is 1. The Kier molecular flexibility index (Phi) is 8.85. The molecule has 0 aromatic heterocycles. The largest absolute Gasteiger partial charge is 0.354 e. The van der Waals surface area contributed by atoms with Gasteiger partial charge in [-0.2, -0.15) is 12.7 Å². The second-order valence-corrected chi connectivity index (χ2v) is 9.61. The SMILES string of the molecule is CC[C@@H]1CCCCN1CCCNC(=O)CN(c1ccccc1F)S(=O)(=O)N(C)C. The summed E-state index contributed by atoms with van der Waals surface area (Å²) >= 11 is 0. The molecule has 1 atom stereocenters. The molecule has 1 aliphatic heterocycles. The molecule has 0 saturated carbocycles. The molecule has 1 amide bonds. The van der Waals surface area contributed by atoms with E-state index in [1.54, 1.807) is 0 Å². The zero-order chi connectivity index (χ0) is 21.4. The van der Waals surface area contributed by atoms with Gasteiger partial charge in [-0.25, -0.2) is 8.70 Å². The molecule has 9 heteroatoms. The number of hydrogen-bond donors (Lipinski definition) is 1. The Morgan fingerprint density at radius 1 is 1.28 bits per heavy atom. The Bertz CT molecular complexity index is 773. The molecule has 1 heterocycles. The molecule has 164 valence electrons. The Hall–Kier alpha value is -1.71. The van der Waals surface area contributed by atoms with Crippen LogP contribution in [0.15, 0.2) is 24.3 Å². The number of carbonyl (C=O) groups is 1. The third-order valence-corrected chi connectivity index (χ3v) is 7.12. The van der Waals surface area contributed by atoms with Crippen molar-refractivity contribution >= 4 is 21.8 Å². The predicted molar refractivity (Wildman–Crippen MR) is 113 cm³/mol. The monoisotopic (exact) mass is 428 g/mol. The molecule has 1 aromatic rings. The van der Waals surface area contributed by atoms with Gasteiger partial charge in [-0.3, -0.25) is 4.79 Å². The van der Waals surface area contributed by atoms with E-state index in [2.05, 4.69) is 17.1 Å². The van der Waals surface area contributed by atoms with Crippen LogP contribution in [-0.2, 0) is 15.0 Å². The first-order chi connectivity index (χ1) is 13.8. The van der Waals surface area contributed by atoms with Crippen molar-refractivity contribution in [2.24, 2.45) is 0 Å². The second kappa shape index (κ2) is 10.9. The van der Waals surface area contributed by atoms with Gasteiger partial charge in [0.2, 0.25) is 5.91 Å². The lowest BCUT2D eigenvalue weighted by Gasteiger charge is -2.35. The van der Waals surface area contributed by atoms with Crippen molar-refractivity contribution in [3.8, 4) is 0 Å². The molecule has 2 rings (SSSR count). The lowest BCUT2D eigenvalue weighted by molar-refractivity contribution is -0.119. The smallest absolute Gasteiger partial charge is 0.304 e. The highest BCUT2D eigenvalue weighted by Crippen LogP contribution is 2.23. The zero-order valence-electron chi connectivity index (χ0n) is 17.6. The van der Waals surface area contributed by atoms with E-state index in [4.69, 9.17) is 0 Å². The Morgan fingerprint density at radius 3 is 2.66 bits per heavy atom. The molecule has 0 unspecified atom stereocenters. The number of rotatable bonds is 10. The van der Waals surface area contributed by atoms with Crippen LogP contribution in [-0.4, -0.2) is 69.8 Å². The summed E-state index contributed by atoms with van der Waals surface area (Å²) in [5.41, 5.74) is -0.143. The zero-order valence-corrected chi connectivity index (χ0v) is 18.4. The number of likely N-dealkylation sites (tertiary alicyclic amines) is 1. The topological polar surface area (TPSA) is 73.0 Å². The number of anilines is 1. The second-order valence-electron chi connectivity index (χ2n) is 7.55. The molecule has 0 radical (unpaired) electrons. The average Bonchev–Trinajstić information content (AvgIpc) is 2.70. The van der Waals surface area contributed by atoms with Crippen molar-refractivity contribution in [2.75, 3.05) is 44.6 Å². The summed E-state index contributed by atoms with van der Waals surface area (Å²) in [6, 6.07) is 6.15. The van der Waals surface area contributed by atoms with E-state index in [0.717, 1.165) is 34.5 Å². The number of hydrogen-bond acceptors (Lipinski definition) is 4. The molecule has 1 aliphatic rings. The van der Waals surface area contributed by atoms with Crippen LogP contribution < -0.4 is 9.62 Å². The molecule has 29 heavy (non-hydrogen) atoms. The fourth-order valence-electron chi connectivity index (χ4n) is 3.66. The molecule has 1 saturated heterocycles. The van der Waals surface area contributed by atoms with Gasteiger partial charge in [0.05, 0.1) is 5.69 Å². The summed E-state index contributed by atoms with van der Waals surface area (Å²) in [6.07, 6.45) is 5.64. The minimum absolute atomic E-state index is 0.143. The number of halogens is 1. The molecule has 0 spiro atoms. The van der Waals surface area contributed by atoms with Crippen molar-refractivity contribution in [3.05, 3.63) is 30.1 Å². The van der Waals surface area contributed by atoms with Gasteiger partial charge < -0.3 is 10.2 Å². The summed E-state index contributed by atoms with van der Waals surface area (Å²) in [7, 11) is -1.31. The van der Waals surface area contributed by atoms with Gasteiger partial charge in [0.1, 0.15) is 12.4 Å². The number of para-hydroxylation sites is 1. The van der Waals surface area contributed by atoms with Crippen LogP contribution >= 0.6 is 0 Å². The van der Waals surface area contributed by atoms with E-state index < -0.39 is 28.5 Å². The van der Waals surface area contributed by atoms with Crippen molar-refractivity contribution in [3.63, 3.8) is 0 Å². The molecule has 0 bridgehead atoms.